The van der Waals surface area contributed by atoms with E-state index in [4.69, 9.17) is 0 Å². The van der Waals surface area contributed by atoms with Crippen LogP contribution in [0.1, 0.15) is 20.8 Å². The fourth-order valence-corrected chi connectivity index (χ4v) is 1.58. The summed E-state index contributed by atoms with van der Waals surface area (Å²) < 4.78 is 0.631. The van der Waals surface area contributed by atoms with Crippen LogP contribution in [0.4, 0.5) is 0 Å². The number of rotatable bonds is 5. The van der Waals surface area contributed by atoms with E-state index in [9.17, 15) is 9.90 Å². The molecule has 1 heterocycles. The van der Waals surface area contributed by atoms with E-state index in [1.54, 1.807) is 12.3 Å². The predicted octanol–water partition coefficient (Wildman–Crippen LogP) is 1.82. The van der Waals surface area contributed by atoms with Crippen molar-refractivity contribution in [2.24, 2.45) is 10.4 Å². The van der Waals surface area contributed by atoms with Gasteiger partial charge in [-0.1, -0.05) is 26.5 Å². The van der Waals surface area contributed by atoms with E-state index in [1.165, 1.54) is 0 Å². The third kappa shape index (κ3) is 4.31. The lowest BCUT2D eigenvalue weighted by Crippen LogP contribution is -2.37. The summed E-state index contributed by atoms with van der Waals surface area (Å²) in [6, 6.07) is 0. The van der Waals surface area contributed by atoms with Gasteiger partial charge >= 0.3 is 0 Å². The first-order valence-electron chi connectivity index (χ1n) is 6.26. The summed E-state index contributed by atoms with van der Waals surface area (Å²) in [6.07, 6.45) is 3.36. The molecule has 0 saturated heterocycles. The number of allylic oxidation sites excluding steroid dienone is 2. The molecule has 0 aliphatic carbocycles. The molecule has 0 fully saturated rings. The largest absolute Gasteiger partial charge is 0.396 e. The SMILES string of the molecule is C=C1NC=C(C(=O)NCC(C)(C)CO)/C1=N/C(Br)=C\C. The maximum absolute atomic E-state index is 12.2. The number of hydrogen-bond donors (Lipinski definition) is 3. The van der Waals surface area contributed by atoms with Crippen LogP contribution in [0, 0.1) is 5.41 Å². The Labute approximate surface area is 127 Å². The van der Waals surface area contributed by atoms with Gasteiger partial charge in [0.2, 0.25) is 0 Å². The molecule has 0 aromatic carbocycles. The summed E-state index contributed by atoms with van der Waals surface area (Å²) in [5.74, 6) is -0.243. The smallest absolute Gasteiger partial charge is 0.255 e. The minimum Gasteiger partial charge on any atom is -0.396 e. The third-order valence-electron chi connectivity index (χ3n) is 2.79. The molecule has 0 bridgehead atoms. The first kappa shape index (κ1) is 16.7. The molecular weight excluding hydrogens is 322 g/mol. The fourth-order valence-electron chi connectivity index (χ4n) is 1.40. The summed E-state index contributed by atoms with van der Waals surface area (Å²) in [5.41, 5.74) is 1.16. The van der Waals surface area contributed by atoms with Gasteiger partial charge in [-0.05, 0) is 22.9 Å². The van der Waals surface area contributed by atoms with Gasteiger partial charge in [0, 0.05) is 24.8 Å². The van der Waals surface area contributed by atoms with E-state index in [0.717, 1.165) is 0 Å². The molecule has 110 valence electrons. The number of nitrogens with one attached hydrogen (secondary N) is 2. The van der Waals surface area contributed by atoms with Crippen molar-refractivity contribution in [3.8, 4) is 0 Å². The van der Waals surface area contributed by atoms with Gasteiger partial charge in [0.25, 0.3) is 5.91 Å². The van der Waals surface area contributed by atoms with Crippen molar-refractivity contribution < 1.29 is 9.90 Å². The second-order valence-corrected chi connectivity index (χ2v) is 6.07. The highest BCUT2D eigenvalue weighted by molar-refractivity contribution is 9.11. The van der Waals surface area contributed by atoms with Gasteiger partial charge in [0.05, 0.1) is 11.3 Å². The number of hydrogen-bond acceptors (Lipinski definition) is 4. The normalized spacial score (nSPS) is 18.1. The minimum atomic E-state index is -0.361. The molecule has 1 rings (SSSR count). The quantitative estimate of drug-likeness (QED) is 0.668. The average Bonchev–Trinajstić information content (AvgIpc) is 2.77. The number of amides is 1. The van der Waals surface area contributed by atoms with E-state index in [2.05, 4.69) is 38.1 Å². The summed E-state index contributed by atoms with van der Waals surface area (Å²) >= 11 is 3.29. The zero-order valence-electron chi connectivity index (χ0n) is 12.0. The molecule has 0 unspecified atom stereocenters. The van der Waals surface area contributed by atoms with Crippen molar-refractivity contribution in [3.05, 3.63) is 34.7 Å². The van der Waals surface area contributed by atoms with Crippen LogP contribution in [0.25, 0.3) is 0 Å². The number of carbonyl (C=O) groups is 1. The lowest BCUT2D eigenvalue weighted by atomic mass is 9.95. The van der Waals surface area contributed by atoms with Gasteiger partial charge in [-0.2, -0.15) is 0 Å². The summed E-state index contributed by atoms with van der Waals surface area (Å²) in [4.78, 5) is 16.5. The molecule has 1 aliphatic heterocycles. The first-order valence-corrected chi connectivity index (χ1v) is 7.06. The molecule has 0 atom stereocenters. The Morgan fingerprint density at radius 3 is 2.85 bits per heavy atom. The zero-order valence-corrected chi connectivity index (χ0v) is 13.5. The van der Waals surface area contributed by atoms with Gasteiger partial charge in [-0.3, -0.25) is 4.79 Å². The predicted molar refractivity (Wildman–Crippen MR) is 84.4 cm³/mol. The van der Waals surface area contributed by atoms with E-state index < -0.39 is 0 Å². The molecule has 0 saturated carbocycles. The topological polar surface area (TPSA) is 73.7 Å². The molecule has 6 heteroatoms. The number of carbonyl (C=O) groups excluding carboxylic acids is 1. The van der Waals surface area contributed by atoms with Crippen molar-refractivity contribution in [1.29, 1.82) is 0 Å². The first-order chi connectivity index (χ1) is 9.30. The molecule has 0 radical (unpaired) electrons. The highest BCUT2D eigenvalue weighted by Crippen LogP contribution is 2.18. The fraction of sp³-hybridized carbons (Fsp3) is 0.429. The molecule has 0 spiro atoms. The van der Waals surface area contributed by atoms with Crippen molar-refractivity contribution in [1.82, 2.24) is 10.6 Å². The van der Waals surface area contributed by atoms with Crippen LogP contribution >= 0.6 is 15.9 Å². The van der Waals surface area contributed by atoms with E-state index >= 15 is 0 Å². The van der Waals surface area contributed by atoms with Crippen molar-refractivity contribution in [2.45, 2.75) is 20.8 Å². The van der Waals surface area contributed by atoms with Crippen LogP contribution < -0.4 is 10.6 Å². The number of nitrogens with zero attached hydrogens (tertiary/aromatic N) is 1. The highest BCUT2D eigenvalue weighted by atomic mass is 79.9. The Bertz CT molecular complexity index is 505. The Morgan fingerprint density at radius 1 is 1.65 bits per heavy atom. The van der Waals surface area contributed by atoms with Crippen LogP contribution in [0.5, 0.6) is 0 Å². The van der Waals surface area contributed by atoms with Gasteiger partial charge in [0.1, 0.15) is 10.3 Å². The van der Waals surface area contributed by atoms with Crippen LogP contribution in [0.15, 0.2) is 39.7 Å². The van der Waals surface area contributed by atoms with Crippen LogP contribution in [0.3, 0.4) is 0 Å². The van der Waals surface area contributed by atoms with E-state index in [1.807, 2.05) is 20.8 Å². The van der Waals surface area contributed by atoms with E-state index in [-0.39, 0.29) is 17.9 Å². The molecular formula is C14H20BrN3O2. The van der Waals surface area contributed by atoms with Crippen LogP contribution in [0.2, 0.25) is 0 Å². The summed E-state index contributed by atoms with van der Waals surface area (Å²) in [5, 5.41) is 14.9. The average molecular weight is 342 g/mol. The molecule has 1 aliphatic rings. The second kappa shape index (κ2) is 6.85. The Balaban J connectivity index is 2.82. The number of halogens is 1. The van der Waals surface area contributed by atoms with Crippen LogP contribution in [-0.2, 0) is 4.79 Å². The standard InChI is InChI=1S/C14H20BrN3O2/c1-5-11(15)18-12-9(2)16-6-10(12)13(20)17-7-14(3,4)8-19/h5-6,16,19H,2,7-8H2,1,3-4H3,(H,17,20)/b11-5-,18-12+. The second-order valence-electron chi connectivity index (χ2n) is 5.26. The Kier molecular flexibility index (Phi) is 5.71. The Morgan fingerprint density at radius 2 is 2.30 bits per heavy atom. The lowest BCUT2D eigenvalue weighted by molar-refractivity contribution is -0.117. The lowest BCUT2D eigenvalue weighted by Gasteiger charge is -2.21. The van der Waals surface area contributed by atoms with Gasteiger partial charge in [-0.15, -0.1) is 0 Å². The molecule has 3 N–H and O–H groups in total. The Hall–Kier alpha value is -1.40. The van der Waals surface area contributed by atoms with Crippen molar-refractivity contribution in [2.75, 3.05) is 13.2 Å². The summed E-state index contributed by atoms with van der Waals surface area (Å²) in [6.45, 7) is 9.79. The van der Waals surface area contributed by atoms with Crippen molar-refractivity contribution >= 4 is 27.5 Å². The number of aliphatic hydroxyl groups is 1. The molecule has 20 heavy (non-hydrogen) atoms. The zero-order chi connectivity index (χ0) is 15.3. The highest BCUT2D eigenvalue weighted by Gasteiger charge is 2.25. The maximum atomic E-state index is 12.2. The molecule has 5 nitrogen and oxygen atoms in total. The monoisotopic (exact) mass is 341 g/mol. The number of aliphatic hydroxyl groups excluding tert-OH is 1. The van der Waals surface area contributed by atoms with Crippen molar-refractivity contribution in [3.63, 3.8) is 0 Å². The van der Waals surface area contributed by atoms with Gasteiger partial charge < -0.3 is 15.7 Å². The molecule has 1 amide bonds. The van der Waals surface area contributed by atoms with Crippen LogP contribution in [-0.4, -0.2) is 29.9 Å². The van der Waals surface area contributed by atoms with Gasteiger partial charge in [0.15, 0.2) is 0 Å². The summed E-state index contributed by atoms with van der Waals surface area (Å²) in [7, 11) is 0. The number of aliphatic imine (C=N–C) groups is 1. The third-order valence-corrected chi connectivity index (χ3v) is 3.42. The maximum Gasteiger partial charge on any atom is 0.255 e. The molecule has 0 aromatic heterocycles. The minimum absolute atomic E-state index is 0.00233. The van der Waals surface area contributed by atoms with Gasteiger partial charge in [-0.25, -0.2) is 4.99 Å². The van der Waals surface area contributed by atoms with E-state index in [0.29, 0.717) is 28.1 Å². The molecule has 0 aromatic rings.